The number of nitrogens with two attached hydrogens (primary N) is 1. The van der Waals surface area contributed by atoms with Crippen molar-refractivity contribution in [1.82, 2.24) is 4.98 Å². The van der Waals surface area contributed by atoms with Crippen molar-refractivity contribution in [2.45, 2.75) is 51.9 Å². The highest BCUT2D eigenvalue weighted by molar-refractivity contribution is 7.15. The fourth-order valence-corrected chi connectivity index (χ4v) is 3.56. The zero-order valence-electron chi connectivity index (χ0n) is 11.6. The topological polar surface area (TPSA) is 68.0 Å². The minimum absolute atomic E-state index is 0.0210. The number of nitrogens with zero attached hydrogens (tertiary/aromatic N) is 1. The van der Waals surface area contributed by atoms with Crippen LogP contribution in [-0.2, 0) is 11.2 Å². The molecule has 1 fully saturated rings. The van der Waals surface area contributed by atoms with Gasteiger partial charge in [-0.1, -0.05) is 26.2 Å². The second-order valence-corrected chi connectivity index (χ2v) is 6.59. The third-order valence-electron chi connectivity index (χ3n) is 4.03. The molecular formula is C14H23N3OS. The summed E-state index contributed by atoms with van der Waals surface area (Å²) in [7, 11) is 0. The molecule has 19 heavy (non-hydrogen) atoms. The van der Waals surface area contributed by atoms with E-state index < -0.39 is 0 Å². The Bertz CT molecular complexity index is 424. The minimum Gasteiger partial charge on any atom is -0.330 e. The monoisotopic (exact) mass is 281 g/mol. The van der Waals surface area contributed by atoms with Crippen LogP contribution in [0.2, 0.25) is 0 Å². The van der Waals surface area contributed by atoms with Gasteiger partial charge in [0.1, 0.15) is 0 Å². The lowest BCUT2D eigenvalue weighted by Gasteiger charge is -2.35. The van der Waals surface area contributed by atoms with E-state index in [0.717, 1.165) is 19.3 Å². The molecule has 1 saturated carbocycles. The van der Waals surface area contributed by atoms with Gasteiger partial charge in [0.25, 0.3) is 0 Å². The first-order valence-electron chi connectivity index (χ1n) is 7.12. The molecule has 0 radical (unpaired) electrons. The molecule has 1 aromatic rings. The summed E-state index contributed by atoms with van der Waals surface area (Å²) < 4.78 is 0. The predicted octanol–water partition coefficient (Wildman–Crippen LogP) is 2.94. The predicted molar refractivity (Wildman–Crippen MR) is 79.3 cm³/mol. The molecule has 1 aromatic heterocycles. The average molecular weight is 281 g/mol. The summed E-state index contributed by atoms with van der Waals surface area (Å²) in [5.74, 6) is 0.0596. The zero-order valence-corrected chi connectivity index (χ0v) is 12.4. The van der Waals surface area contributed by atoms with Crippen LogP contribution < -0.4 is 11.1 Å². The summed E-state index contributed by atoms with van der Waals surface area (Å²) in [5, 5.41) is 3.63. The minimum atomic E-state index is 0.0210. The van der Waals surface area contributed by atoms with E-state index in [1.54, 1.807) is 11.3 Å². The van der Waals surface area contributed by atoms with Crippen LogP contribution in [0, 0.1) is 5.41 Å². The number of carbonyl (C=O) groups is 1. The molecule has 0 aliphatic heterocycles. The Morgan fingerprint density at radius 3 is 2.79 bits per heavy atom. The Labute approximate surface area is 118 Å². The maximum Gasteiger partial charge on any atom is 0.226 e. The van der Waals surface area contributed by atoms with Crippen LogP contribution in [-0.4, -0.2) is 17.4 Å². The number of anilines is 1. The summed E-state index contributed by atoms with van der Waals surface area (Å²) in [4.78, 5) is 17.6. The van der Waals surface area contributed by atoms with Gasteiger partial charge in [-0.25, -0.2) is 4.98 Å². The molecule has 1 aliphatic carbocycles. The molecule has 1 heterocycles. The van der Waals surface area contributed by atoms with Gasteiger partial charge in [0, 0.05) is 17.5 Å². The molecule has 0 atom stereocenters. The molecule has 106 valence electrons. The number of aryl methyl sites for hydroxylation is 1. The molecule has 4 nitrogen and oxygen atoms in total. The smallest absolute Gasteiger partial charge is 0.226 e. The van der Waals surface area contributed by atoms with E-state index in [4.69, 9.17) is 5.73 Å². The number of hydrogen-bond donors (Lipinski definition) is 2. The van der Waals surface area contributed by atoms with Crippen LogP contribution in [0.3, 0.4) is 0 Å². The number of thiazole rings is 1. The average Bonchev–Trinajstić information content (AvgIpc) is 2.87. The van der Waals surface area contributed by atoms with Crippen LogP contribution in [0.5, 0.6) is 0 Å². The van der Waals surface area contributed by atoms with Crippen molar-refractivity contribution in [2.75, 3.05) is 11.9 Å². The van der Waals surface area contributed by atoms with Gasteiger partial charge in [-0.05, 0) is 31.2 Å². The Morgan fingerprint density at radius 2 is 2.21 bits per heavy atom. The largest absolute Gasteiger partial charge is 0.330 e. The van der Waals surface area contributed by atoms with E-state index in [2.05, 4.69) is 17.2 Å². The van der Waals surface area contributed by atoms with Crippen LogP contribution in [0.15, 0.2) is 6.20 Å². The quantitative estimate of drug-likeness (QED) is 0.872. The van der Waals surface area contributed by atoms with Crippen LogP contribution in [0.25, 0.3) is 0 Å². The van der Waals surface area contributed by atoms with Crippen LogP contribution in [0.4, 0.5) is 5.13 Å². The lowest BCUT2D eigenvalue weighted by molar-refractivity contribution is -0.118. The second-order valence-electron chi connectivity index (χ2n) is 5.48. The Balaban J connectivity index is 1.92. The summed E-state index contributed by atoms with van der Waals surface area (Å²) in [5.41, 5.74) is 5.93. The van der Waals surface area contributed by atoms with Gasteiger partial charge in [0.15, 0.2) is 5.13 Å². The van der Waals surface area contributed by atoms with E-state index in [0.29, 0.717) is 18.1 Å². The fraction of sp³-hybridized carbons (Fsp3) is 0.714. The summed E-state index contributed by atoms with van der Waals surface area (Å²) in [6.45, 7) is 2.70. The molecular weight excluding hydrogens is 258 g/mol. The van der Waals surface area contributed by atoms with E-state index in [9.17, 15) is 4.79 Å². The SMILES string of the molecule is CCc1cnc(NC(=O)CC2(CN)CCCCC2)s1. The molecule has 3 N–H and O–H groups in total. The zero-order chi connectivity index (χ0) is 13.7. The fourth-order valence-electron chi connectivity index (χ4n) is 2.79. The molecule has 1 aliphatic rings. The second kappa shape index (κ2) is 6.48. The maximum atomic E-state index is 12.1. The maximum absolute atomic E-state index is 12.1. The lowest BCUT2D eigenvalue weighted by Crippen LogP contribution is -2.36. The van der Waals surface area contributed by atoms with Gasteiger partial charge < -0.3 is 11.1 Å². The molecule has 2 rings (SSSR count). The van der Waals surface area contributed by atoms with E-state index in [1.165, 1.54) is 24.1 Å². The van der Waals surface area contributed by atoms with Crippen molar-refractivity contribution in [2.24, 2.45) is 11.1 Å². The Kier molecular flexibility index (Phi) is 4.93. The van der Waals surface area contributed by atoms with Crippen molar-refractivity contribution < 1.29 is 4.79 Å². The van der Waals surface area contributed by atoms with Gasteiger partial charge in [-0.15, -0.1) is 11.3 Å². The molecule has 0 bridgehead atoms. The van der Waals surface area contributed by atoms with Crippen molar-refractivity contribution in [3.63, 3.8) is 0 Å². The summed E-state index contributed by atoms with van der Waals surface area (Å²) in [6.07, 6.45) is 9.15. The van der Waals surface area contributed by atoms with Crippen molar-refractivity contribution in [3.8, 4) is 0 Å². The van der Waals surface area contributed by atoms with E-state index in [1.807, 2.05) is 6.20 Å². The molecule has 1 amide bonds. The number of rotatable bonds is 5. The lowest BCUT2D eigenvalue weighted by atomic mass is 9.72. The summed E-state index contributed by atoms with van der Waals surface area (Å²) in [6, 6.07) is 0. The molecule has 0 unspecified atom stereocenters. The Hall–Kier alpha value is -0.940. The summed E-state index contributed by atoms with van der Waals surface area (Å²) >= 11 is 1.56. The van der Waals surface area contributed by atoms with Gasteiger partial charge in [0.05, 0.1) is 0 Å². The molecule has 0 aromatic carbocycles. The van der Waals surface area contributed by atoms with Gasteiger partial charge in [0.2, 0.25) is 5.91 Å². The van der Waals surface area contributed by atoms with Crippen molar-refractivity contribution >= 4 is 22.4 Å². The van der Waals surface area contributed by atoms with E-state index >= 15 is 0 Å². The van der Waals surface area contributed by atoms with Crippen LogP contribution in [0.1, 0.15) is 50.3 Å². The molecule has 5 heteroatoms. The van der Waals surface area contributed by atoms with E-state index in [-0.39, 0.29) is 11.3 Å². The first kappa shape index (κ1) is 14.5. The standard InChI is InChI=1S/C14H23N3OS/c1-2-11-9-16-13(19-11)17-12(18)8-14(10-15)6-4-3-5-7-14/h9H,2-8,10,15H2,1H3,(H,16,17,18). The van der Waals surface area contributed by atoms with Crippen molar-refractivity contribution in [1.29, 1.82) is 0 Å². The van der Waals surface area contributed by atoms with Gasteiger partial charge in [-0.2, -0.15) is 0 Å². The highest BCUT2D eigenvalue weighted by atomic mass is 32.1. The molecule has 0 spiro atoms. The first-order valence-corrected chi connectivity index (χ1v) is 7.94. The van der Waals surface area contributed by atoms with Gasteiger partial charge in [-0.3, -0.25) is 4.79 Å². The van der Waals surface area contributed by atoms with Gasteiger partial charge >= 0.3 is 0 Å². The normalized spacial score (nSPS) is 18.2. The Morgan fingerprint density at radius 1 is 1.47 bits per heavy atom. The third kappa shape index (κ3) is 3.76. The molecule has 0 saturated heterocycles. The first-order chi connectivity index (χ1) is 9.17. The van der Waals surface area contributed by atoms with Crippen LogP contribution >= 0.6 is 11.3 Å². The number of aromatic nitrogens is 1. The number of amides is 1. The van der Waals surface area contributed by atoms with Crippen molar-refractivity contribution in [3.05, 3.63) is 11.1 Å². The highest BCUT2D eigenvalue weighted by Gasteiger charge is 2.33. The number of hydrogen-bond acceptors (Lipinski definition) is 4. The highest BCUT2D eigenvalue weighted by Crippen LogP contribution is 2.38. The third-order valence-corrected chi connectivity index (χ3v) is 5.09. The number of carbonyl (C=O) groups excluding carboxylic acids is 1. The number of nitrogens with one attached hydrogen (secondary N) is 1.